The molecule has 164 valence electrons. The van der Waals surface area contributed by atoms with Crippen LogP contribution in [0.4, 0.5) is 10.6 Å². The topological polar surface area (TPSA) is 98.5 Å². The number of hydrogen-bond donors (Lipinski definition) is 1. The van der Waals surface area contributed by atoms with Gasteiger partial charge in [0, 0.05) is 35.2 Å². The van der Waals surface area contributed by atoms with E-state index in [9.17, 15) is 9.59 Å². The van der Waals surface area contributed by atoms with Crippen LogP contribution in [0.2, 0.25) is 0 Å². The Labute approximate surface area is 185 Å². The molecule has 4 heterocycles. The van der Waals surface area contributed by atoms with Crippen LogP contribution in [0.3, 0.4) is 0 Å². The molecule has 4 aromatic rings. The highest BCUT2D eigenvalue weighted by Crippen LogP contribution is 2.30. The standard InChI is InChI=1S/C24H25N5O3/c1-6-21(30)18-9-14(2)17(13-25-18)20-10-15-12-26-22(28-23(31)32-24(3,4)5)11-16(15)19-7-8-27-29(19)20/h7-13H,6H2,1-5H3,(H,26,28,31). The lowest BCUT2D eigenvalue weighted by Gasteiger charge is -2.19. The Bertz CT molecular complexity index is 1350. The summed E-state index contributed by atoms with van der Waals surface area (Å²) in [4.78, 5) is 32.9. The molecular weight excluding hydrogens is 406 g/mol. The number of aryl methyl sites for hydroxylation is 1. The first kappa shape index (κ1) is 21.4. The average Bonchev–Trinajstić information content (AvgIpc) is 3.21. The highest BCUT2D eigenvalue weighted by atomic mass is 16.6. The van der Waals surface area contributed by atoms with Crippen molar-refractivity contribution in [3.63, 3.8) is 0 Å². The lowest BCUT2D eigenvalue weighted by Crippen LogP contribution is -2.27. The molecule has 8 nitrogen and oxygen atoms in total. The summed E-state index contributed by atoms with van der Waals surface area (Å²) in [5.41, 5.74) is 3.38. The summed E-state index contributed by atoms with van der Waals surface area (Å²) in [6.45, 7) is 9.19. The second kappa shape index (κ2) is 8.03. The van der Waals surface area contributed by atoms with Gasteiger partial charge in [-0.2, -0.15) is 5.10 Å². The molecule has 0 spiro atoms. The van der Waals surface area contributed by atoms with Crippen LogP contribution in [-0.4, -0.2) is 37.1 Å². The Hall–Kier alpha value is -3.81. The monoisotopic (exact) mass is 431 g/mol. The third-order valence-corrected chi connectivity index (χ3v) is 5.00. The number of ether oxygens (including phenoxy) is 1. The minimum Gasteiger partial charge on any atom is -0.444 e. The van der Waals surface area contributed by atoms with E-state index in [0.29, 0.717) is 17.9 Å². The van der Waals surface area contributed by atoms with Crippen molar-refractivity contribution in [2.75, 3.05) is 5.32 Å². The summed E-state index contributed by atoms with van der Waals surface area (Å²) < 4.78 is 7.14. The van der Waals surface area contributed by atoms with Gasteiger partial charge in [-0.15, -0.1) is 0 Å². The van der Waals surface area contributed by atoms with Crippen molar-refractivity contribution in [1.82, 2.24) is 19.6 Å². The lowest BCUT2D eigenvalue weighted by molar-refractivity contribution is 0.0635. The molecule has 0 saturated heterocycles. The van der Waals surface area contributed by atoms with Crippen molar-refractivity contribution in [3.8, 4) is 11.3 Å². The third-order valence-electron chi connectivity index (χ3n) is 5.00. The fourth-order valence-corrected chi connectivity index (χ4v) is 3.54. The second-order valence-electron chi connectivity index (χ2n) is 8.60. The molecule has 0 aromatic carbocycles. The number of hydrogen-bond acceptors (Lipinski definition) is 6. The van der Waals surface area contributed by atoms with Crippen LogP contribution >= 0.6 is 0 Å². The number of aromatic nitrogens is 4. The Morgan fingerprint density at radius 2 is 1.91 bits per heavy atom. The van der Waals surface area contributed by atoms with Gasteiger partial charge in [-0.3, -0.25) is 15.1 Å². The van der Waals surface area contributed by atoms with Crippen LogP contribution in [0.15, 0.2) is 42.9 Å². The SMILES string of the molecule is CCC(=O)c1cc(C)c(-c2cc3cnc(NC(=O)OC(C)(C)C)cc3c3ccnn23)cn1. The zero-order valence-corrected chi connectivity index (χ0v) is 18.8. The number of pyridine rings is 3. The van der Waals surface area contributed by atoms with E-state index < -0.39 is 11.7 Å². The van der Waals surface area contributed by atoms with E-state index in [1.165, 1.54) is 0 Å². The molecule has 4 rings (SSSR count). The molecule has 0 unspecified atom stereocenters. The van der Waals surface area contributed by atoms with E-state index in [1.807, 2.05) is 36.6 Å². The Morgan fingerprint density at radius 1 is 1.12 bits per heavy atom. The van der Waals surface area contributed by atoms with Crippen molar-refractivity contribution in [2.24, 2.45) is 0 Å². The average molecular weight is 431 g/mol. The predicted molar refractivity (Wildman–Crippen MR) is 123 cm³/mol. The Balaban J connectivity index is 1.78. The van der Waals surface area contributed by atoms with E-state index in [4.69, 9.17) is 4.74 Å². The fourth-order valence-electron chi connectivity index (χ4n) is 3.54. The van der Waals surface area contributed by atoms with Crippen LogP contribution in [0.5, 0.6) is 0 Å². The van der Waals surface area contributed by atoms with Gasteiger partial charge in [-0.25, -0.2) is 14.3 Å². The first-order valence-electron chi connectivity index (χ1n) is 10.4. The summed E-state index contributed by atoms with van der Waals surface area (Å²) in [5.74, 6) is 0.402. The van der Waals surface area contributed by atoms with Crippen molar-refractivity contribution in [1.29, 1.82) is 0 Å². The lowest BCUT2D eigenvalue weighted by atomic mass is 10.0. The number of fused-ring (bicyclic) bond motifs is 3. The zero-order chi connectivity index (χ0) is 23.0. The number of anilines is 1. The quantitative estimate of drug-likeness (QED) is 0.446. The molecule has 32 heavy (non-hydrogen) atoms. The summed E-state index contributed by atoms with van der Waals surface area (Å²) >= 11 is 0. The number of ketones is 1. The van der Waals surface area contributed by atoms with Gasteiger partial charge in [-0.05, 0) is 57.5 Å². The molecule has 8 heteroatoms. The molecular formula is C24H25N5O3. The van der Waals surface area contributed by atoms with Gasteiger partial charge in [0.2, 0.25) is 0 Å². The molecule has 1 N–H and O–H groups in total. The normalized spacial score (nSPS) is 11.7. The molecule has 0 radical (unpaired) electrons. The summed E-state index contributed by atoms with van der Waals surface area (Å²) in [5, 5.41) is 8.94. The molecule has 0 bridgehead atoms. The molecule has 0 aliphatic rings. The van der Waals surface area contributed by atoms with Crippen LogP contribution in [-0.2, 0) is 4.74 Å². The number of nitrogens with zero attached hydrogens (tertiary/aromatic N) is 4. The van der Waals surface area contributed by atoms with Gasteiger partial charge in [0.25, 0.3) is 0 Å². The number of carbonyl (C=O) groups is 2. The largest absolute Gasteiger partial charge is 0.444 e. The fraction of sp³-hybridized carbons (Fsp3) is 0.292. The maximum absolute atomic E-state index is 12.1. The van der Waals surface area contributed by atoms with Crippen molar-refractivity contribution < 1.29 is 14.3 Å². The predicted octanol–water partition coefficient (Wildman–Crippen LogP) is 5.19. The number of carbonyl (C=O) groups excluding carboxylic acids is 2. The van der Waals surface area contributed by atoms with Crippen molar-refractivity contribution in [2.45, 2.75) is 46.6 Å². The summed E-state index contributed by atoms with van der Waals surface area (Å²) in [6, 6.07) is 7.49. The molecule has 1 amide bonds. The van der Waals surface area contributed by atoms with Gasteiger partial charge in [0.15, 0.2) is 5.78 Å². The maximum atomic E-state index is 12.1. The van der Waals surface area contributed by atoms with Crippen molar-refractivity contribution in [3.05, 3.63) is 54.1 Å². The first-order chi connectivity index (χ1) is 15.2. The van der Waals surface area contributed by atoms with Gasteiger partial charge in [-0.1, -0.05) is 6.92 Å². The Kier molecular flexibility index (Phi) is 5.38. The van der Waals surface area contributed by atoms with E-state index in [2.05, 4.69) is 20.4 Å². The molecule has 0 aliphatic heterocycles. The highest BCUT2D eigenvalue weighted by molar-refractivity contribution is 6.00. The molecule has 0 aliphatic carbocycles. The first-order valence-corrected chi connectivity index (χ1v) is 10.4. The van der Waals surface area contributed by atoms with Crippen LogP contribution in [0.25, 0.3) is 27.5 Å². The second-order valence-corrected chi connectivity index (χ2v) is 8.60. The summed E-state index contributed by atoms with van der Waals surface area (Å²) in [7, 11) is 0. The molecule has 0 atom stereocenters. The number of amides is 1. The molecule has 0 fully saturated rings. The Morgan fingerprint density at radius 3 is 2.59 bits per heavy atom. The van der Waals surface area contributed by atoms with E-state index in [1.54, 1.807) is 45.4 Å². The van der Waals surface area contributed by atoms with Crippen LogP contribution in [0.1, 0.15) is 50.2 Å². The van der Waals surface area contributed by atoms with Gasteiger partial charge < -0.3 is 4.74 Å². The van der Waals surface area contributed by atoms with Gasteiger partial charge >= 0.3 is 6.09 Å². The van der Waals surface area contributed by atoms with E-state index >= 15 is 0 Å². The van der Waals surface area contributed by atoms with Gasteiger partial charge in [0.1, 0.15) is 17.1 Å². The highest BCUT2D eigenvalue weighted by Gasteiger charge is 2.18. The minimum atomic E-state index is -0.599. The number of Topliss-reactive ketones (excluding diaryl/α,β-unsaturated/α-hetero) is 1. The third kappa shape index (κ3) is 4.16. The smallest absolute Gasteiger partial charge is 0.413 e. The van der Waals surface area contributed by atoms with Gasteiger partial charge in [0.05, 0.1) is 17.4 Å². The minimum absolute atomic E-state index is 0.0108. The number of nitrogens with one attached hydrogen (secondary N) is 1. The maximum Gasteiger partial charge on any atom is 0.413 e. The van der Waals surface area contributed by atoms with E-state index in [-0.39, 0.29) is 5.78 Å². The summed E-state index contributed by atoms with van der Waals surface area (Å²) in [6.07, 6.45) is 4.99. The number of rotatable bonds is 4. The van der Waals surface area contributed by atoms with Crippen molar-refractivity contribution >= 4 is 34.0 Å². The molecule has 0 saturated carbocycles. The van der Waals surface area contributed by atoms with E-state index in [0.717, 1.165) is 33.1 Å². The molecule has 4 aromatic heterocycles. The zero-order valence-electron chi connectivity index (χ0n) is 18.8. The van der Waals surface area contributed by atoms with Crippen LogP contribution in [0, 0.1) is 6.92 Å². The van der Waals surface area contributed by atoms with Crippen LogP contribution < -0.4 is 5.32 Å².